The van der Waals surface area contributed by atoms with Crippen LogP contribution in [0.5, 0.6) is 0 Å². The lowest BCUT2D eigenvalue weighted by atomic mass is 9.75. The lowest BCUT2D eigenvalue weighted by molar-refractivity contribution is 0.0482. The Labute approximate surface area is 223 Å². The number of benzene rings is 1. The molecular formula is C29H26F2N6O2. The zero-order chi connectivity index (χ0) is 26.7. The van der Waals surface area contributed by atoms with Crippen molar-refractivity contribution in [3.05, 3.63) is 76.7 Å². The van der Waals surface area contributed by atoms with Crippen molar-refractivity contribution in [3.63, 3.8) is 0 Å². The molecule has 4 aromatic rings. The summed E-state index contributed by atoms with van der Waals surface area (Å²) < 4.78 is 33.7. The minimum atomic E-state index is -2.58. The van der Waals surface area contributed by atoms with E-state index in [1.807, 2.05) is 25.2 Å². The number of imidazole rings is 1. The predicted octanol–water partition coefficient (Wildman–Crippen LogP) is 5.36. The number of fused-ring (bicyclic) bond motifs is 4. The highest BCUT2D eigenvalue weighted by atomic mass is 19.3. The Balaban J connectivity index is 1.25. The number of carbonyl (C=O) groups is 1. The zero-order valence-corrected chi connectivity index (χ0v) is 21.2. The highest BCUT2D eigenvalue weighted by Crippen LogP contribution is 2.50. The first kappa shape index (κ1) is 24.1. The van der Waals surface area contributed by atoms with E-state index in [9.17, 15) is 13.6 Å². The van der Waals surface area contributed by atoms with Crippen LogP contribution in [0.25, 0.3) is 16.9 Å². The molecule has 1 amide bonds. The number of rotatable bonds is 5. The molecule has 1 atom stereocenters. The van der Waals surface area contributed by atoms with E-state index >= 15 is 0 Å². The van der Waals surface area contributed by atoms with Gasteiger partial charge < -0.3 is 15.4 Å². The Hall–Kier alpha value is -4.02. The van der Waals surface area contributed by atoms with Crippen LogP contribution < -0.4 is 10.6 Å². The molecule has 1 spiro atoms. The fourth-order valence-corrected chi connectivity index (χ4v) is 6.30. The highest BCUT2D eigenvalue weighted by molar-refractivity contribution is 6.19. The Morgan fingerprint density at radius 3 is 2.79 bits per heavy atom. The van der Waals surface area contributed by atoms with Crippen LogP contribution in [0.3, 0.4) is 0 Å². The molecule has 1 saturated heterocycles. The first-order valence-electron chi connectivity index (χ1n) is 13.0. The van der Waals surface area contributed by atoms with Crippen LogP contribution in [0, 0.1) is 0 Å². The first-order valence-corrected chi connectivity index (χ1v) is 13.0. The minimum absolute atomic E-state index is 0.0869. The summed E-state index contributed by atoms with van der Waals surface area (Å²) in [5.74, 6) is 0.306. The van der Waals surface area contributed by atoms with Gasteiger partial charge in [0.1, 0.15) is 11.5 Å². The van der Waals surface area contributed by atoms with Gasteiger partial charge in [0.25, 0.3) is 12.3 Å². The molecule has 1 aliphatic carbocycles. The largest absolute Gasteiger partial charge is 0.381 e. The molecule has 3 aliphatic rings. The number of amides is 1. The molecule has 39 heavy (non-hydrogen) atoms. The van der Waals surface area contributed by atoms with Crippen molar-refractivity contribution < 1.29 is 18.3 Å². The molecule has 0 bridgehead atoms. The molecule has 10 heteroatoms. The molecular weight excluding hydrogens is 502 g/mol. The summed E-state index contributed by atoms with van der Waals surface area (Å²) >= 11 is 0. The third kappa shape index (κ3) is 3.77. The Morgan fingerprint density at radius 2 is 2.00 bits per heavy atom. The number of halogens is 2. The monoisotopic (exact) mass is 528 g/mol. The van der Waals surface area contributed by atoms with Gasteiger partial charge in [0.15, 0.2) is 0 Å². The summed E-state index contributed by atoms with van der Waals surface area (Å²) in [6.45, 7) is 1.52. The molecule has 2 N–H and O–H groups in total. The van der Waals surface area contributed by atoms with E-state index in [1.165, 1.54) is 17.7 Å². The molecule has 8 nitrogen and oxygen atoms in total. The van der Waals surface area contributed by atoms with Crippen LogP contribution in [0.1, 0.15) is 64.5 Å². The fourth-order valence-electron chi connectivity index (χ4n) is 6.30. The first-order chi connectivity index (χ1) is 19.0. The summed E-state index contributed by atoms with van der Waals surface area (Å²) in [6, 6.07) is 10.7. The van der Waals surface area contributed by atoms with Crippen molar-refractivity contribution >= 4 is 29.3 Å². The van der Waals surface area contributed by atoms with Crippen LogP contribution in [0.4, 0.5) is 20.3 Å². The Bertz CT molecular complexity index is 1660. The lowest BCUT2D eigenvalue weighted by Crippen LogP contribution is -2.32. The molecule has 1 aromatic carbocycles. The number of ether oxygens (including phenoxy) is 1. The van der Waals surface area contributed by atoms with Gasteiger partial charge in [-0.2, -0.15) is 0 Å². The van der Waals surface area contributed by atoms with Gasteiger partial charge in [-0.25, -0.2) is 23.7 Å². The molecule has 7 rings (SSSR count). The summed E-state index contributed by atoms with van der Waals surface area (Å²) in [6.07, 6.45) is 5.13. The average Bonchev–Trinajstić information content (AvgIpc) is 3.63. The molecule has 3 aromatic heterocycles. The SMILES string of the molecule is CNC1CC2(CCOCC2)c2ccc(Nc3ccc(-c4cnc5cc(C(F)F)ccn45)c4c3C(=O)N=C4)nc21. The third-order valence-corrected chi connectivity index (χ3v) is 8.32. The molecule has 198 valence electrons. The van der Waals surface area contributed by atoms with Gasteiger partial charge in [0, 0.05) is 47.7 Å². The van der Waals surface area contributed by atoms with Crippen LogP contribution in [-0.2, 0) is 10.2 Å². The minimum Gasteiger partial charge on any atom is -0.381 e. The molecule has 0 radical (unpaired) electrons. The van der Waals surface area contributed by atoms with Crippen LogP contribution in [0.15, 0.2) is 53.8 Å². The van der Waals surface area contributed by atoms with E-state index in [0.717, 1.165) is 43.7 Å². The van der Waals surface area contributed by atoms with Crippen LogP contribution in [0.2, 0.25) is 0 Å². The molecule has 1 fully saturated rings. The van der Waals surface area contributed by atoms with E-state index in [-0.39, 0.29) is 22.9 Å². The maximum Gasteiger partial charge on any atom is 0.279 e. The van der Waals surface area contributed by atoms with Crippen LogP contribution in [-0.4, -0.2) is 46.8 Å². The number of hydrogen-bond acceptors (Lipinski definition) is 6. The van der Waals surface area contributed by atoms with E-state index in [0.29, 0.717) is 34.0 Å². The van der Waals surface area contributed by atoms with E-state index in [2.05, 4.69) is 26.7 Å². The molecule has 0 saturated carbocycles. The highest BCUT2D eigenvalue weighted by Gasteiger charge is 2.45. The normalized spacial score (nSPS) is 19.3. The van der Waals surface area contributed by atoms with Crippen molar-refractivity contribution in [3.8, 4) is 11.3 Å². The Kier molecular flexibility index (Phi) is 5.57. The van der Waals surface area contributed by atoms with Crippen LogP contribution >= 0.6 is 0 Å². The number of aliphatic imine (C=N–C) groups is 1. The number of hydrogen-bond donors (Lipinski definition) is 2. The topological polar surface area (TPSA) is 92.9 Å². The van der Waals surface area contributed by atoms with Crippen molar-refractivity contribution in [2.45, 2.75) is 37.1 Å². The van der Waals surface area contributed by atoms with Gasteiger partial charge in [-0.3, -0.25) is 9.20 Å². The zero-order valence-electron chi connectivity index (χ0n) is 21.2. The van der Waals surface area contributed by atoms with E-state index in [4.69, 9.17) is 9.72 Å². The molecule has 2 aliphatic heterocycles. The number of nitrogens with zero attached hydrogens (tertiary/aromatic N) is 4. The van der Waals surface area contributed by atoms with E-state index in [1.54, 1.807) is 23.0 Å². The van der Waals surface area contributed by atoms with Gasteiger partial charge in [-0.15, -0.1) is 0 Å². The smallest absolute Gasteiger partial charge is 0.279 e. The number of nitrogens with one attached hydrogen (secondary N) is 2. The lowest BCUT2D eigenvalue weighted by Gasteiger charge is -2.34. The van der Waals surface area contributed by atoms with Gasteiger partial charge in [0.2, 0.25) is 0 Å². The molecule has 5 heterocycles. The standard InChI is InChI=1S/C29H26F2N6O2/c1-32-21-13-29(7-10-39-11-8-29)19-3-5-23(36-26(19)21)35-20-4-2-17(18-14-34-28(38)25(18)20)22-15-33-24-12-16(27(30)31)6-9-37(22)24/h2-6,9,12,14-15,21,27,32H,7-8,10-11,13H2,1H3,(H,35,36). The van der Waals surface area contributed by atoms with Crippen molar-refractivity contribution in [2.75, 3.05) is 25.6 Å². The second kappa shape index (κ2) is 9.03. The maximum atomic E-state index is 13.2. The summed E-state index contributed by atoms with van der Waals surface area (Å²) in [5.41, 5.74) is 5.84. The summed E-state index contributed by atoms with van der Waals surface area (Å²) in [4.78, 5) is 26.3. The number of pyridine rings is 2. The molecule has 1 unspecified atom stereocenters. The summed E-state index contributed by atoms with van der Waals surface area (Å²) in [5, 5.41) is 6.78. The second-order valence-corrected chi connectivity index (χ2v) is 10.3. The van der Waals surface area contributed by atoms with Gasteiger partial charge in [-0.05, 0) is 56.1 Å². The second-order valence-electron chi connectivity index (χ2n) is 10.3. The number of carbonyl (C=O) groups excluding carboxylic acids is 1. The number of anilines is 2. The van der Waals surface area contributed by atoms with E-state index < -0.39 is 6.43 Å². The van der Waals surface area contributed by atoms with Crippen molar-refractivity contribution in [1.29, 1.82) is 0 Å². The predicted molar refractivity (Wildman–Crippen MR) is 143 cm³/mol. The van der Waals surface area contributed by atoms with Gasteiger partial charge in [-0.1, -0.05) is 12.1 Å². The number of alkyl halides is 2. The maximum absolute atomic E-state index is 13.2. The summed E-state index contributed by atoms with van der Waals surface area (Å²) in [7, 11) is 1.96. The average molecular weight is 529 g/mol. The fraction of sp³-hybridized carbons (Fsp3) is 0.310. The Morgan fingerprint density at radius 1 is 1.15 bits per heavy atom. The third-order valence-electron chi connectivity index (χ3n) is 8.32. The van der Waals surface area contributed by atoms with Crippen molar-refractivity contribution in [2.24, 2.45) is 4.99 Å². The van der Waals surface area contributed by atoms with Crippen molar-refractivity contribution in [1.82, 2.24) is 19.7 Å². The quantitative estimate of drug-likeness (QED) is 0.362. The van der Waals surface area contributed by atoms with Gasteiger partial charge in [0.05, 0.1) is 34.9 Å². The number of aromatic nitrogens is 3. The van der Waals surface area contributed by atoms with Gasteiger partial charge >= 0.3 is 0 Å².